The lowest BCUT2D eigenvalue weighted by Crippen LogP contribution is -2.31. The fourth-order valence-electron chi connectivity index (χ4n) is 3.16. The van der Waals surface area contributed by atoms with Crippen molar-refractivity contribution in [1.29, 1.82) is 0 Å². The van der Waals surface area contributed by atoms with Crippen molar-refractivity contribution in [2.45, 2.75) is 5.41 Å². The third-order valence-corrected chi connectivity index (χ3v) is 4.90. The Balaban J connectivity index is 2.03. The molecule has 1 aromatic heterocycles. The Morgan fingerprint density at radius 2 is 1.29 bits per heavy atom. The molecule has 0 aliphatic carbocycles. The van der Waals surface area contributed by atoms with Crippen LogP contribution in [0.25, 0.3) is 11.1 Å². The van der Waals surface area contributed by atoms with E-state index in [1.165, 1.54) is 0 Å². The molecule has 2 nitrogen and oxygen atoms in total. The second kappa shape index (κ2) is 6.17. The lowest BCUT2D eigenvalue weighted by Gasteiger charge is -2.30. The molecule has 1 heterocycles. The Morgan fingerprint density at radius 3 is 1.83 bits per heavy atom. The van der Waals surface area contributed by atoms with Gasteiger partial charge in [0.15, 0.2) is 5.58 Å². The van der Waals surface area contributed by atoms with Crippen molar-refractivity contribution in [3.63, 3.8) is 0 Å². The molecule has 0 amide bonds. The molecule has 3 aromatic carbocycles. The monoisotopic (exact) mass is 331 g/mol. The highest BCUT2D eigenvalue weighted by Gasteiger charge is 2.39. The minimum absolute atomic E-state index is 0.523. The minimum Gasteiger partial charge on any atom is -0.439 e. The summed E-state index contributed by atoms with van der Waals surface area (Å²) < 4.78 is 6.17. The van der Waals surface area contributed by atoms with Crippen LogP contribution in [0, 0.1) is 0 Å². The van der Waals surface area contributed by atoms with Crippen LogP contribution in [0.1, 0.15) is 17.0 Å². The maximum atomic E-state index is 6.17. The van der Waals surface area contributed by atoms with Crippen LogP contribution >= 0.6 is 12.6 Å². The number of oxazole rings is 1. The summed E-state index contributed by atoms with van der Waals surface area (Å²) in [5.41, 5.74) is 3.39. The predicted molar refractivity (Wildman–Crippen MR) is 101 cm³/mol. The van der Waals surface area contributed by atoms with Gasteiger partial charge in [-0.05, 0) is 23.3 Å². The van der Waals surface area contributed by atoms with Gasteiger partial charge in [-0.1, -0.05) is 72.8 Å². The molecule has 3 heteroatoms. The van der Waals surface area contributed by atoms with Crippen LogP contribution in [-0.2, 0) is 5.41 Å². The highest BCUT2D eigenvalue weighted by Crippen LogP contribution is 2.40. The van der Waals surface area contributed by atoms with E-state index in [1.54, 1.807) is 0 Å². The third kappa shape index (κ3) is 2.33. The summed E-state index contributed by atoms with van der Waals surface area (Å²) in [5, 5.41) is 0. The largest absolute Gasteiger partial charge is 0.439 e. The van der Waals surface area contributed by atoms with Crippen molar-refractivity contribution in [1.82, 2.24) is 4.98 Å². The molecule has 0 saturated carbocycles. The van der Waals surface area contributed by atoms with Crippen LogP contribution in [0.3, 0.4) is 0 Å². The summed E-state index contributed by atoms with van der Waals surface area (Å²) in [7, 11) is 0. The normalized spacial score (nSPS) is 11.7. The van der Waals surface area contributed by atoms with Crippen LogP contribution in [0.5, 0.6) is 0 Å². The number of hydrogen-bond donors (Lipinski definition) is 1. The molecule has 118 valence electrons. The maximum Gasteiger partial charge on any atom is 0.211 e. The molecule has 4 aromatic rings. The van der Waals surface area contributed by atoms with E-state index in [0.717, 1.165) is 22.2 Å². The number of nitrogens with zero attached hydrogens (tertiary/aromatic N) is 1. The fraction of sp³-hybridized carbons (Fsp3) is 0.0952. The van der Waals surface area contributed by atoms with E-state index in [0.29, 0.717) is 11.6 Å². The van der Waals surface area contributed by atoms with Crippen LogP contribution < -0.4 is 0 Å². The molecule has 0 aliphatic rings. The minimum atomic E-state index is -0.523. The Labute approximate surface area is 146 Å². The Morgan fingerprint density at radius 1 is 0.750 bits per heavy atom. The lowest BCUT2D eigenvalue weighted by atomic mass is 9.76. The van der Waals surface area contributed by atoms with Gasteiger partial charge >= 0.3 is 0 Å². The van der Waals surface area contributed by atoms with Crippen molar-refractivity contribution in [3.05, 3.63) is 102 Å². The summed E-state index contributed by atoms with van der Waals surface area (Å²) in [4.78, 5) is 4.79. The van der Waals surface area contributed by atoms with Crippen molar-refractivity contribution in [3.8, 4) is 0 Å². The van der Waals surface area contributed by atoms with Crippen molar-refractivity contribution >= 4 is 23.7 Å². The first kappa shape index (κ1) is 15.0. The van der Waals surface area contributed by atoms with Gasteiger partial charge in [0.05, 0.1) is 0 Å². The molecule has 0 spiro atoms. The van der Waals surface area contributed by atoms with Gasteiger partial charge in [-0.2, -0.15) is 12.6 Å². The summed E-state index contributed by atoms with van der Waals surface area (Å²) in [6.07, 6.45) is 0. The average molecular weight is 331 g/mol. The Kier molecular flexibility index (Phi) is 3.87. The number of thiol groups is 1. The summed E-state index contributed by atoms with van der Waals surface area (Å²) >= 11 is 4.72. The summed E-state index contributed by atoms with van der Waals surface area (Å²) in [6.45, 7) is 0. The maximum absolute atomic E-state index is 6.17. The molecular weight excluding hydrogens is 314 g/mol. The van der Waals surface area contributed by atoms with Gasteiger partial charge in [0.1, 0.15) is 10.9 Å². The highest BCUT2D eigenvalue weighted by atomic mass is 32.1. The van der Waals surface area contributed by atoms with E-state index in [4.69, 9.17) is 22.0 Å². The van der Waals surface area contributed by atoms with Crippen molar-refractivity contribution < 1.29 is 4.42 Å². The van der Waals surface area contributed by atoms with Crippen LogP contribution in [0.4, 0.5) is 0 Å². The molecule has 0 atom stereocenters. The summed E-state index contributed by atoms with van der Waals surface area (Å²) in [6, 6.07) is 28.5. The fourth-order valence-corrected chi connectivity index (χ4v) is 3.66. The second-order valence-electron chi connectivity index (χ2n) is 5.78. The van der Waals surface area contributed by atoms with Crippen molar-refractivity contribution in [2.24, 2.45) is 0 Å². The zero-order valence-corrected chi connectivity index (χ0v) is 14.0. The zero-order valence-electron chi connectivity index (χ0n) is 13.1. The molecule has 0 N–H and O–H groups in total. The number of rotatable bonds is 4. The lowest BCUT2D eigenvalue weighted by molar-refractivity contribution is 0.458. The number of fused-ring (bicyclic) bond motifs is 1. The SMILES string of the molecule is SCC(c1ccccc1)(c1ccccc1)c1nc2ccccc2o1. The van der Waals surface area contributed by atoms with Crippen LogP contribution in [0.15, 0.2) is 89.3 Å². The first-order valence-electron chi connectivity index (χ1n) is 7.92. The molecule has 0 unspecified atom stereocenters. The predicted octanol–water partition coefficient (Wildman–Crippen LogP) is 5.09. The number of aromatic nitrogens is 1. The zero-order chi connectivity index (χ0) is 16.4. The quantitative estimate of drug-likeness (QED) is 0.527. The average Bonchev–Trinajstić information content (AvgIpc) is 3.09. The van der Waals surface area contributed by atoms with Gasteiger partial charge in [0.25, 0.3) is 0 Å². The summed E-state index contributed by atoms with van der Waals surface area (Å²) in [5.74, 6) is 1.24. The number of para-hydroxylation sites is 2. The van der Waals surface area contributed by atoms with Gasteiger partial charge in [-0.15, -0.1) is 0 Å². The van der Waals surface area contributed by atoms with E-state index in [2.05, 4.69) is 24.3 Å². The van der Waals surface area contributed by atoms with E-state index in [-0.39, 0.29) is 0 Å². The molecule has 4 rings (SSSR count). The number of hydrogen-bond acceptors (Lipinski definition) is 3. The van der Waals surface area contributed by atoms with Gasteiger partial charge in [0.2, 0.25) is 5.89 Å². The van der Waals surface area contributed by atoms with Crippen LogP contribution in [-0.4, -0.2) is 10.7 Å². The van der Waals surface area contributed by atoms with E-state index in [9.17, 15) is 0 Å². The molecule has 0 radical (unpaired) electrons. The van der Waals surface area contributed by atoms with Gasteiger partial charge in [-0.25, -0.2) is 4.98 Å². The third-order valence-electron chi connectivity index (χ3n) is 4.43. The number of benzene rings is 3. The van der Waals surface area contributed by atoms with Crippen LogP contribution in [0.2, 0.25) is 0 Å². The van der Waals surface area contributed by atoms with Crippen molar-refractivity contribution in [2.75, 3.05) is 5.75 Å². The second-order valence-corrected chi connectivity index (χ2v) is 6.10. The molecule has 0 bridgehead atoms. The first-order valence-corrected chi connectivity index (χ1v) is 8.56. The molecule has 0 aliphatic heterocycles. The van der Waals surface area contributed by atoms with E-state index >= 15 is 0 Å². The first-order chi connectivity index (χ1) is 11.8. The highest BCUT2D eigenvalue weighted by molar-refractivity contribution is 7.80. The smallest absolute Gasteiger partial charge is 0.211 e. The van der Waals surface area contributed by atoms with Gasteiger partial charge < -0.3 is 4.42 Å². The molecule has 0 saturated heterocycles. The van der Waals surface area contributed by atoms with E-state index in [1.807, 2.05) is 60.7 Å². The standard InChI is InChI=1S/C21H17NOS/c24-15-21(16-9-3-1-4-10-16,17-11-5-2-6-12-17)20-22-18-13-7-8-14-19(18)23-20/h1-14,24H,15H2. The Bertz CT molecular complexity index is 875. The molecule has 0 fully saturated rings. The van der Waals surface area contributed by atoms with Gasteiger partial charge in [-0.3, -0.25) is 0 Å². The molecule has 24 heavy (non-hydrogen) atoms. The van der Waals surface area contributed by atoms with Gasteiger partial charge in [0, 0.05) is 5.75 Å². The Hall–Kier alpha value is -2.52. The topological polar surface area (TPSA) is 26.0 Å². The van der Waals surface area contributed by atoms with E-state index < -0.39 is 5.41 Å². The molecular formula is C21H17NOS.